The third-order valence-corrected chi connectivity index (χ3v) is 5.57. The van der Waals surface area contributed by atoms with E-state index in [0.717, 1.165) is 16.5 Å². The van der Waals surface area contributed by atoms with Crippen LogP contribution < -0.4 is 4.74 Å². The normalized spacial score (nSPS) is 17.3. The minimum Gasteiger partial charge on any atom is -0.495 e. The molecule has 0 aliphatic heterocycles. The third kappa shape index (κ3) is 3.18. The first-order chi connectivity index (χ1) is 11.2. The molecule has 0 bridgehead atoms. The number of aliphatic hydroxyl groups is 1. The molecule has 0 amide bonds. The molecule has 2 rings (SSSR count). The van der Waals surface area contributed by atoms with Crippen LogP contribution in [0.1, 0.15) is 57.7 Å². The van der Waals surface area contributed by atoms with Crippen molar-refractivity contribution in [2.24, 2.45) is 5.92 Å². The van der Waals surface area contributed by atoms with Crippen molar-refractivity contribution in [3.8, 4) is 5.75 Å². The molecule has 24 heavy (non-hydrogen) atoms. The molecular weight excluding hydrogens is 371 g/mol. The molecule has 0 spiro atoms. The monoisotopic (exact) mass is 396 g/mol. The smallest absolute Gasteiger partial charge is 0.140 e. The molecule has 0 radical (unpaired) electrons. The number of aliphatic hydroxyl groups excluding tert-OH is 1. The number of fused-ring (bicyclic) bond motifs is 1. The van der Waals surface area contributed by atoms with Gasteiger partial charge in [0.1, 0.15) is 11.6 Å². The molecule has 2 nitrogen and oxygen atoms in total. The Morgan fingerprint density at radius 3 is 2.54 bits per heavy atom. The Balaban J connectivity index is 2.88. The van der Waals surface area contributed by atoms with Crippen molar-refractivity contribution < 1.29 is 14.2 Å². The van der Waals surface area contributed by atoms with Gasteiger partial charge in [0.05, 0.1) is 18.2 Å². The van der Waals surface area contributed by atoms with Crippen LogP contribution >= 0.6 is 15.9 Å². The average Bonchev–Trinajstić information content (AvgIpc) is 2.51. The quantitative estimate of drug-likeness (QED) is 0.689. The Morgan fingerprint density at radius 1 is 1.42 bits per heavy atom. The molecule has 0 heterocycles. The molecular formula is C20H26BrFO2. The highest BCUT2D eigenvalue weighted by atomic mass is 79.9. The minimum absolute atomic E-state index is 0.0362. The summed E-state index contributed by atoms with van der Waals surface area (Å²) in [5.74, 6) is 0.457. The lowest BCUT2D eigenvalue weighted by Crippen LogP contribution is -2.24. The fourth-order valence-corrected chi connectivity index (χ4v) is 4.51. The van der Waals surface area contributed by atoms with Crippen molar-refractivity contribution >= 4 is 27.1 Å². The number of hydrogen-bond donors (Lipinski definition) is 1. The molecule has 1 aromatic carbocycles. The zero-order chi connectivity index (χ0) is 18.2. The van der Waals surface area contributed by atoms with E-state index in [-0.39, 0.29) is 5.41 Å². The van der Waals surface area contributed by atoms with Gasteiger partial charge in [0.25, 0.3) is 0 Å². The number of rotatable bonds is 4. The van der Waals surface area contributed by atoms with E-state index >= 15 is 0 Å². The van der Waals surface area contributed by atoms with Gasteiger partial charge in [-0.2, -0.15) is 0 Å². The zero-order valence-electron chi connectivity index (χ0n) is 15.3. The number of methoxy groups -OCH3 is 1. The maximum Gasteiger partial charge on any atom is 0.140 e. The molecule has 1 N–H and O–H groups in total. The Kier molecular flexibility index (Phi) is 5.61. The molecule has 0 atom stereocenters. The molecule has 4 heteroatoms. The third-order valence-electron chi connectivity index (χ3n) is 4.82. The zero-order valence-corrected chi connectivity index (χ0v) is 16.8. The van der Waals surface area contributed by atoms with Crippen molar-refractivity contribution in [2.45, 2.75) is 46.5 Å². The van der Waals surface area contributed by atoms with Crippen LogP contribution in [0.4, 0.5) is 4.39 Å². The highest BCUT2D eigenvalue weighted by Crippen LogP contribution is 2.50. The van der Waals surface area contributed by atoms with Gasteiger partial charge in [-0.15, -0.1) is 0 Å². The van der Waals surface area contributed by atoms with Crippen LogP contribution in [0.2, 0.25) is 0 Å². The average molecular weight is 397 g/mol. The SMILES string of the molecule is COc1c(/C(C)=C(/F)CO)cc2c(c1Br)C(C)(C)CC=C2C(C)C. The van der Waals surface area contributed by atoms with Crippen LogP contribution in [-0.4, -0.2) is 18.8 Å². The molecule has 0 saturated heterocycles. The summed E-state index contributed by atoms with van der Waals surface area (Å²) in [6.07, 6.45) is 3.24. The summed E-state index contributed by atoms with van der Waals surface area (Å²) in [6, 6.07) is 2.01. The summed E-state index contributed by atoms with van der Waals surface area (Å²) < 4.78 is 20.5. The van der Waals surface area contributed by atoms with Crippen molar-refractivity contribution in [3.05, 3.63) is 39.1 Å². The Bertz CT molecular complexity index is 715. The van der Waals surface area contributed by atoms with Gasteiger partial charge in [-0.25, -0.2) is 4.39 Å². The van der Waals surface area contributed by atoms with Gasteiger partial charge in [0, 0.05) is 5.56 Å². The van der Waals surface area contributed by atoms with Gasteiger partial charge in [0.15, 0.2) is 0 Å². The Hall–Kier alpha value is -1.13. The summed E-state index contributed by atoms with van der Waals surface area (Å²) in [5, 5.41) is 9.16. The molecule has 0 unspecified atom stereocenters. The predicted octanol–water partition coefficient (Wildman–Crippen LogP) is 5.87. The van der Waals surface area contributed by atoms with E-state index in [1.807, 2.05) is 6.07 Å². The van der Waals surface area contributed by atoms with E-state index < -0.39 is 12.4 Å². The fraction of sp³-hybridized carbons (Fsp3) is 0.500. The van der Waals surface area contributed by atoms with Crippen LogP contribution in [0.15, 0.2) is 22.4 Å². The van der Waals surface area contributed by atoms with Gasteiger partial charge in [-0.05, 0) is 68.9 Å². The lowest BCUT2D eigenvalue weighted by molar-refractivity contribution is 0.299. The molecule has 1 aliphatic rings. The molecule has 0 aromatic heterocycles. The first kappa shape index (κ1) is 19.2. The molecule has 132 valence electrons. The number of halogens is 2. The largest absolute Gasteiger partial charge is 0.495 e. The van der Waals surface area contributed by atoms with Gasteiger partial charge in [-0.3, -0.25) is 0 Å². The molecule has 0 saturated carbocycles. The van der Waals surface area contributed by atoms with Crippen molar-refractivity contribution in [1.82, 2.24) is 0 Å². The van der Waals surface area contributed by atoms with Crippen LogP contribution in [0.25, 0.3) is 11.1 Å². The van der Waals surface area contributed by atoms with Crippen molar-refractivity contribution in [1.29, 1.82) is 0 Å². The van der Waals surface area contributed by atoms with Gasteiger partial charge < -0.3 is 9.84 Å². The Labute approximate surface area is 152 Å². The second-order valence-corrected chi connectivity index (χ2v) is 8.08. The van der Waals surface area contributed by atoms with E-state index in [1.165, 1.54) is 11.1 Å². The fourth-order valence-electron chi connectivity index (χ4n) is 3.39. The van der Waals surface area contributed by atoms with Crippen LogP contribution in [-0.2, 0) is 5.41 Å². The van der Waals surface area contributed by atoms with Gasteiger partial charge in [0.2, 0.25) is 0 Å². The van der Waals surface area contributed by atoms with Gasteiger partial charge >= 0.3 is 0 Å². The van der Waals surface area contributed by atoms with Crippen LogP contribution in [0.5, 0.6) is 5.75 Å². The summed E-state index contributed by atoms with van der Waals surface area (Å²) in [4.78, 5) is 0. The second-order valence-electron chi connectivity index (χ2n) is 7.28. The number of hydrogen-bond acceptors (Lipinski definition) is 2. The predicted molar refractivity (Wildman–Crippen MR) is 102 cm³/mol. The Morgan fingerprint density at radius 2 is 2.04 bits per heavy atom. The second kappa shape index (κ2) is 7.01. The maximum atomic E-state index is 14.0. The van der Waals surface area contributed by atoms with Crippen LogP contribution in [0.3, 0.4) is 0 Å². The van der Waals surface area contributed by atoms with E-state index in [4.69, 9.17) is 9.84 Å². The van der Waals surface area contributed by atoms with Gasteiger partial charge in [-0.1, -0.05) is 33.8 Å². The van der Waals surface area contributed by atoms with E-state index in [2.05, 4.69) is 49.7 Å². The molecule has 1 aliphatic carbocycles. The summed E-state index contributed by atoms with van der Waals surface area (Å²) in [6.45, 7) is 9.82. The summed E-state index contributed by atoms with van der Waals surface area (Å²) in [5.41, 5.74) is 4.65. The lowest BCUT2D eigenvalue weighted by Gasteiger charge is -2.35. The topological polar surface area (TPSA) is 29.5 Å². The maximum absolute atomic E-state index is 14.0. The van der Waals surface area contributed by atoms with E-state index in [0.29, 0.717) is 22.8 Å². The summed E-state index contributed by atoms with van der Waals surface area (Å²) >= 11 is 3.71. The molecule has 1 aromatic rings. The van der Waals surface area contributed by atoms with Crippen molar-refractivity contribution in [2.75, 3.05) is 13.7 Å². The highest BCUT2D eigenvalue weighted by molar-refractivity contribution is 9.10. The van der Waals surface area contributed by atoms with E-state index in [9.17, 15) is 4.39 Å². The number of ether oxygens (including phenoxy) is 1. The standard InChI is InChI=1S/C20H26BrFO2/c1-11(2)13-7-8-20(4,5)17-15(13)9-14(12(3)16(22)10-23)19(24-6)18(17)21/h7,9,11,23H,8,10H2,1-6H3/b16-12+. The summed E-state index contributed by atoms with van der Waals surface area (Å²) in [7, 11) is 1.59. The van der Waals surface area contributed by atoms with Crippen molar-refractivity contribution in [3.63, 3.8) is 0 Å². The lowest BCUT2D eigenvalue weighted by atomic mass is 9.70. The number of benzene rings is 1. The molecule has 0 fully saturated rings. The van der Waals surface area contributed by atoms with E-state index in [1.54, 1.807) is 14.0 Å². The number of allylic oxidation sites excluding steroid dienone is 3. The first-order valence-corrected chi connectivity index (χ1v) is 9.02. The van der Waals surface area contributed by atoms with Crippen LogP contribution in [0, 0.1) is 5.92 Å². The highest BCUT2D eigenvalue weighted by Gasteiger charge is 2.34. The minimum atomic E-state index is -0.609. The first-order valence-electron chi connectivity index (χ1n) is 8.23.